The molecular weight excluding hydrogens is 344 g/mol. The molecule has 2 aromatic rings. The molecule has 0 aliphatic heterocycles. The molecule has 0 unspecified atom stereocenters. The van der Waals surface area contributed by atoms with E-state index in [0.29, 0.717) is 16.0 Å². The molecule has 108 valence electrons. The number of benzene rings is 1. The minimum atomic E-state index is -3.59. The zero-order valence-electron chi connectivity index (χ0n) is 11.1. The molecule has 1 aromatic heterocycles. The predicted octanol–water partition coefficient (Wildman–Crippen LogP) is 1.59. The van der Waals surface area contributed by atoms with Gasteiger partial charge in [-0.05, 0) is 34.1 Å². The first-order valence-corrected chi connectivity index (χ1v) is 8.03. The fourth-order valence-electron chi connectivity index (χ4n) is 1.70. The van der Waals surface area contributed by atoms with Gasteiger partial charge in [0.2, 0.25) is 10.0 Å². The van der Waals surface area contributed by atoms with Gasteiger partial charge in [-0.2, -0.15) is 4.31 Å². The van der Waals surface area contributed by atoms with Crippen molar-refractivity contribution in [2.45, 2.75) is 11.4 Å². The van der Waals surface area contributed by atoms with Crippen LogP contribution in [0.4, 0.5) is 5.69 Å². The molecule has 0 saturated carbocycles. The largest absolute Gasteiger partial charge is 0.398 e. The van der Waals surface area contributed by atoms with Gasteiger partial charge < -0.3 is 10.3 Å². The summed E-state index contributed by atoms with van der Waals surface area (Å²) in [6, 6.07) is 4.58. The number of aromatic nitrogens is 2. The van der Waals surface area contributed by atoms with E-state index in [1.807, 2.05) is 7.05 Å². The molecule has 0 aliphatic rings. The fraction of sp³-hybridized carbons (Fsp3) is 0.250. The first-order valence-electron chi connectivity index (χ1n) is 5.80. The fourth-order valence-corrected chi connectivity index (χ4v) is 3.10. The van der Waals surface area contributed by atoms with Crippen LogP contribution in [0, 0.1) is 0 Å². The lowest BCUT2D eigenvalue weighted by Crippen LogP contribution is -2.27. The van der Waals surface area contributed by atoms with Crippen LogP contribution in [0.5, 0.6) is 0 Å². The van der Waals surface area contributed by atoms with Crippen molar-refractivity contribution < 1.29 is 8.42 Å². The first kappa shape index (κ1) is 15.0. The maximum Gasteiger partial charge on any atom is 0.243 e. The number of sulfonamides is 1. The summed E-state index contributed by atoms with van der Waals surface area (Å²) >= 11 is 3.24. The molecule has 0 aliphatic carbocycles. The second kappa shape index (κ2) is 5.55. The highest BCUT2D eigenvalue weighted by Crippen LogP contribution is 2.24. The summed E-state index contributed by atoms with van der Waals surface area (Å²) in [5.74, 6) is 0.668. The number of nitrogen functional groups attached to an aromatic ring is 1. The Bertz CT molecular complexity index is 727. The molecule has 0 bridgehead atoms. The van der Waals surface area contributed by atoms with E-state index in [1.165, 1.54) is 23.5 Å². The summed E-state index contributed by atoms with van der Waals surface area (Å²) in [6.45, 7) is 0.196. The molecule has 0 amide bonds. The molecule has 2 rings (SSSR count). The van der Waals surface area contributed by atoms with Gasteiger partial charge in [-0.3, -0.25) is 0 Å². The van der Waals surface area contributed by atoms with Crippen molar-refractivity contribution >= 4 is 31.6 Å². The Hall–Kier alpha value is -1.38. The van der Waals surface area contributed by atoms with E-state index in [1.54, 1.807) is 23.0 Å². The number of nitrogens with two attached hydrogens (primary N) is 1. The number of hydrogen-bond acceptors (Lipinski definition) is 4. The van der Waals surface area contributed by atoms with Gasteiger partial charge in [0.1, 0.15) is 5.82 Å². The van der Waals surface area contributed by atoms with Gasteiger partial charge in [-0.15, -0.1) is 0 Å². The van der Waals surface area contributed by atoms with E-state index in [9.17, 15) is 8.42 Å². The number of imidazole rings is 1. The van der Waals surface area contributed by atoms with E-state index in [0.717, 1.165) is 0 Å². The lowest BCUT2D eigenvalue weighted by Gasteiger charge is -2.17. The zero-order valence-corrected chi connectivity index (χ0v) is 13.5. The van der Waals surface area contributed by atoms with Crippen LogP contribution in [-0.4, -0.2) is 29.3 Å². The van der Waals surface area contributed by atoms with E-state index < -0.39 is 10.0 Å². The van der Waals surface area contributed by atoms with Crippen molar-refractivity contribution in [2.75, 3.05) is 12.8 Å². The number of nitrogens with zero attached hydrogens (tertiary/aromatic N) is 3. The molecule has 6 nitrogen and oxygen atoms in total. The molecule has 2 N–H and O–H groups in total. The molecule has 1 heterocycles. The molecule has 0 atom stereocenters. The van der Waals surface area contributed by atoms with Crippen LogP contribution in [0.15, 0.2) is 40.0 Å². The Balaban J connectivity index is 2.29. The molecule has 0 saturated heterocycles. The monoisotopic (exact) mass is 358 g/mol. The third-order valence-electron chi connectivity index (χ3n) is 2.96. The summed E-state index contributed by atoms with van der Waals surface area (Å²) in [4.78, 5) is 4.28. The van der Waals surface area contributed by atoms with Crippen LogP contribution < -0.4 is 5.73 Å². The molecule has 0 radical (unpaired) electrons. The van der Waals surface area contributed by atoms with Gasteiger partial charge in [0.25, 0.3) is 0 Å². The van der Waals surface area contributed by atoms with E-state index >= 15 is 0 Å². The Morgan fingerprint density at radius 3 is 2.70 bits per heavy atom. The zero-order chi connectivity index (χ0) is 14.9. The van der Waals surface area contributed by atoms with Crippen molar-refractivity contribution in [3.63, 3.8) is 0 Å². The van der Waals surface area contributed by atoms with Gasteiger partial charge in [0, 0.05) is 36.6 Å². The summed E-state index contributed by atoms with van der Waals surface area (Å²) in [5.41, 5.74) is 6.12. The van der Waals surface area contributed by atoms with Crippen LogP contribution in [0.25, 0.3) is 0 Å². The molecule has 0 fully saturated rings. The Labute approximate surface area is 126 Å². The van der Waals surface area contributed by atoms with Crippen LogP contribution in [0.1, 0.15) is 5.82 Å². The average Bonchev–Trinajstić information content (AvgIpc) is 2.78. The summed E-state index contributed by atoms with van der Waals surface area (Å²) in [7, 11) is -0.256. The third-order valence-corrected chi connectivity index (χ3v) is 5.48. The topological polar surface area (TPSA) is 81.2 Å². The van der Waals surface area contributed by atoms with Crippen LogP contribution >= 0.6 is 15.9 Å². The van der Waals surface area contributed by atoms with Crippen LogP contribution in [0.3, 0.4) is 0 Å². The highest BCUT2D eigenvalue weighted by atomic mass is 79.9. The van der Waals surface area contributed by atoms with Crippen molar-refractivity contribution in [1.29, 1.82) is 0 Å². The van der Waals surface area contributed by atoms with Gasteiger partial charge >= 0.3 is 0 Å². The number of anilines is 1. The molecular formula is C12H15BrN4O2S. The Kier molecular flexibility index (Phi) is 4.17. The maximum atomic E-state index is 12.5. The maximum absolute atomic E-state index is 12.5. The summed E-state index contributed by atoms with van der Waals surface area (Å²) in [6.07, 6.45) is 3.40. The summed E-state index contributed by atoms with van der Waals surface area (Å²) in [5, 5.41) is 0. The number of halogens is 1. The van der Waals surface area contributed by atoms with E-state index in [-0.39, 0.29) is 11.4 Å². The average molecular weight is 359 g/mol. The van der Waals surface area contributed by atoms with Gasteiger partial charge in [0.05, 0.1) is 11.4 Å². The van der Waals surface area contributed by atoms with Crippen LogP contribution in [-0.2, 0) is 23.6 Å². The smallest absolute Gasteiger partial charge is 0.243 e. The number of rotatable bonds is 4. The number of hydrogen-bond donors (Lipinski definition) is 1. The van der Waals surface area contributed by atoms with Crippen molar-refractivity contribution in [3.05, 3.63) is 40.9 Å². The molecule has 0 spiro atoms. The predicted molar refractivity (Wildman–Crippen MR) is 80.4 cm³/mol. The standard InChI is InChI=1S/C12H15BrN4O2S/c1-16-6-5-15-12(16)8-17(2)20(18,19)9-3-4-10(13)11(14)7-9/h3-7H,8,14H2,1-2H3. The lowest BCUT2D eigenvalue weighted by molar-refractivity contribution is 0.451. The normalized spacial score (nSPS) is 12.0. The summed E-state index contributed by atoms with van der Waals surface area (Å²) < 4.78 is 28.6. The quantitative estimate of drug-likeness (QED) is 0.841. The lowest BCUT2D eigenvalue weighted by atomic mass is 10.3. The highest BCUT2D eigenvalue weighted by molar-refractivity contribution is 9.10. The van der Waals surface area contributed by atoms with Gasteiger partial charge in [-0.1, -0.05) is 0 Å². The number of aryl methyl sites for hydroxylation is 1. The second-order valence-corrected chi connectivity index (χ2v) is 7.30. The van der Waals surface area contributed by atoms with Crippen molar-refractivity contribution in [3.8, 4) is 0 Å². The first-order chi connectivity index (χ1) is 9.32. The highest BCUT2D eigenvalue weighted by Gasteiger charge is 2.22. The minimum Gasteiger partial charge on any atom is -0.398 e. The Morgan fingerprint density at radius 2 is 2.15 bits per heavy atom. The minimum absolute atomic E-state index is 0.162. The van der Waals surface area contributed by atoms with E-state index in [2.05, 4.69) is 20.9 Å². The molecule has 20 heavy (non-hydrogen) atoms. The SMILES string of the molecule is CN(Cc1nccn1C)S(=O)(=O)c1ccc(Br)c(N)c1. The van der Waals surface area contributed by atoms with Gasteiger partial charge in [-0.25, -0.2) is 13.4 Å². The van der Waals surface area contributed by atoms with Crippen molar-refractivity contribution in [1.82, 2.24) is 13.9 Å². The van der Waals surface area contributed by atoms with Crippen molar-refractivity contribution in [2.24, 2.45) is 7.05 Å². The van der Waals surface area contributed by atoms with Crippen LogP contribution in [0.2, 0.25) is 0 Å². The third kappa shape index (κ3) is 2.87. The molecule has 1 aromatic carbocycles. The second-order valence-electron chi connectivity index (χ2n) is 4.40. The van der Waals surface area contributed by atoms with Gasteiger partial charge in [0.15, 0.2) is 0 Å². The molecule has 8 heteroatoms. The Morgan fingerprint density at radius 1 is 1.45 bits per heavy atom. The van der Waals surface area contributed by atoms with E-state index in [4.69, 9.17) is 5.73 Å².